The first kappa shape index (κ1) is 13.4. The fourth-order valence-electron chi connectivity index (χ4n) is 1.66. The Kier molecular flexibility index (Phi) is 4.07. The Morgan fingerprint density at radius 1 is 1.21 bits per heavy atom. The number of halogens is 1. The van der Waals surface area contributed by atoms with Crippen molar-refractivity contribution in [2.45, 2.75) is 13.5 Å². The van der Waals surface area contributed by atoms with Crippen molar-refractivity contribution in [3.05, 3.63) is 64.2 Å². The Hall–Kier alpha value is -2.00. The molecule has 2 rings (SSSR count). The van der Waals surface area contributed by atoms with Crippen LogP contribution < -0.4 is 10.5 Å². The van der Waals surface area contributed by atoms with E-state index < -0.39 is 0 Å². The van der Waals surface area contributed by atoms with Crippen molar-refractivity contribution in [1.82, 2.24) is 0 Å². The fraction of sp³-hybridized carbons (Fsp3) is 0.133. The molecule has 0 heterocycles. The first-order valence-electron chi connectivity index (χ1n) is 5.88. The molecule has 0 fully saturated rings. The lowest BCUT2D eigenvalue weighted by molar-refractivity contribution is 0.304. The van der Waals surface area contributed by atoms with Gasteiger partial charge in [0, 0.05) is 10.6 Å². The molecule has 0 aliphatic carbocycles. The van der Waals surface area contributed by atoms with Crippen LogP contribution in [0.3, 0.4) is 0 Å². The highest BCUT2D eigenvalue weighted by molar-refractivity contribution is 6.30. The van der Waals surface area contributed by atoms with Crippen molar-refractivity contribution in [3.63, 3.8) is 0 Å². The van der Waals surface area contributed by atoms with Gasteiger partial charge in [-0.25, -0.2) is 0 Å². The average Bonchev–Trinajstić information content (AvgIpc) is 2.39. The summed E-state index contributed by atoms with van der Waals surface area (Å²) in [5.74, 6) is 0.777. The molecule has 0 aromatic heterocycles. The van der Waals surface area contributed by atoms with E-state index >= 15 is 0 Å². The van der Waals surface area contributed by atoms with Crippen LogP contribution in [0.5, 0.6) is 5.75 Å². The predicted molar refractivity (Wildman–Crippen MR) is 78.0 cm³/mol. The molecule has 3 N–H and O–H groups in total. The molecule has 0 spiro atoms. The lowest BCUT2D eigenvalue weighted by Gasteiger charge is -2.10. The third-order valence-electron chi connectivity index (χ3n) is 2.81. The summed E-state index contributed by atoms with van der Waals surface area (Å²) in [4.78, 5) is 0. The Balaban J connectivity index is 2.12. The molecule has 0 bridgehead atoms. The van der Waals surface area contributed by atoms with E-state index in [1.54, 1.807) is 6.07 Å². The molecule has 0 atom stereocenters. The lowest BCUT2D eigenvalue weighted by atomic mass is 10.1. The van der Waals surface area contributed by atoms with Crippen molar-refractivity contribution in [2.75, 3.05) is 0 Å². The molecule has 3 nitrogen and oxygen atoms in total. The zero-order valence-corrected chi connectivity index (χ0v) is 11.4. The molecule has 4 heteroatoms. The van der Waals surface area contributed by atoms with Gasteiger partial charge < -0.3 is 10.5 Å². The maximum Gasteiger partial charge on any atom is 0.123 e. The second-order valence-electron chi connectivity index (χ2n) is 4.31. The summed E-state index contributed by atoms with van der Waals surface area (Å²) in [7, 11) is 0. The first-order chi connectivity index (χ1) is 9.06. The molecule has 2 aromatic carbocycles. The Labute approximate surface area is 117 Å². The largest absolute Gasteiger partial charge is 0.489 e. The van der Waals surface area contributed by atoms with Crippen LogP contribution >= 0.6 is 11.6 Å². The van der Waals surface area contributed by atoms with Crippen molar-refractivity contribution in [3.8, 4) is 5.75 Å². The molecule has 0 aliphatic heterocycles. The zero-order chi connectivity index (χ0) is 13.8. The van der Waals surface area contributed by atoms with E-state index in [4.69, 9.17) is 27.5 Å². The van der Waals surface area contributed by atoms with Gasteiger partial charge in [-0.1, -0.05) is 35.9 Å². The SMILES string of the molecule is Cc1ccc(C(=N)N)cc1OCc1ccc(Cl)cc1. The molecular formula is C15H15ClN2O. The lowest BCUT2D eigenvalue weighted by Crippen LogP contribution is -2.11. The molecular weight excluding hydrogens is 260 g/mol. The number of nitrogen functional groups attached to an aromatic ring is 1. The van der Waals surface area contributed by atoms with Gasteiger partial charge in [0.1, 0.15) is 18.2 Å². The summed E-state index contributed by atoms with van der Waals surface area (Å²) in [6.07, 6.45) is 0. The highest BCUT2D eigenvalue weighted by Gasteiger charge is 2.04. The van der Waals surface area contributed by atoms with Gasteiger partial charge in [-0.2, -0.15) is 0 Å². The molecule has 0 amide bonds. The highest BCUT2D eigenvalue weighted by atomic mass is 35.5. The van der Waals surface area contributed by atoms with Gasteiger partial charge in [0.15, 0.2) is 0 Å². The Morgan fingerprint density at radius 3 is 2.53 bits per heavy atom. The quantitative estimate of drug-likeness (QED) is 0.662. The normalized spacial score (nSPS) is 10.2. The Bertz CT molecular complexity index is 594. The van der Waals surface area contributed by atoms with Crippen molar-refractivity contribution in [1.29, 1.82) is 5.41 Å². The maximum atomic E-state index is 7.43. The molecule has 0 unspecified atom stereocenters. The summed E-state index contributed by atoms with van der Waals surface area (Å²) in [5.41, 5.74) is 8.19. The monoisotopic (exact) mass is 274 g/mol. The van der Waals surface area contributed by atoms with Gasteiger partial charge in [-0.15, -0.1) is 0 Å². The third kappa shape index (κ3) is 3.48. The van der Waals surface area contributed by atoms with E-state index in [2.05, 4.69) is 0 Å². The second-order valence-corrected chi connectivity index (χ2v) is 4.75. The number of hydrogen-bond acceptors (Lipinski definition) is 2. The number of rotatable bonds is 4. The van der Waals surface area contributed by atoms with Gasteiger partial charge >= 0.3 is 0 Å². The number of benzene rings is 2. The zero-order valence-electron chi connectivity index (χ0n) is 10.6. The number of nitrogens with two attached hydrogens (primary N) is 1. The minimum absolute atomic E-state index is 0.0383. The number of hydrogen-bond donors (Lipinski definition) is 2. The second kappa shape index (κ2) is 5.76. The number of amidine groups is 1. The minimum atomic E-state index is 0.0383. The minimum Gasteiger partial charge on any atom is -0.489 e. The van der Waals surface area contributed by atoms with Crippen LogP contribution in [-0.2, 0) is 6.61 Å². The summed E-state index contributed by atoms with van der Waals surface area (Å²) in [6.45, 7) is 2.42. The summed E-state index contributed by atoms with van der Waals surface area (Å²) >= 11 is 5.83. The van der Waals surface area contributed by atoms with Crippen LogP contribution in [0.2, 0.25) is 5.02 Å². The highest BCUT2D eigenvalue weighted by Crippen LogP contribution is 2.21. The van der Waals surface area contributed by atoms with Crippen molar-refractivity contribution >= 4 is 17.4 Å². The van der Waals surface area contributed by atoms with Crippen molar-refractivity contribution in [2.24, 2.45) is 5.73 Å². The third-order valence-corrected chi connectivity index (χ3v) is 3.06. The average molecular weight is 275 g/mol. The summed E-state index contributed by atoms with van der Waals surface area (Å²) < 4.78 is 5.76. The fourth-order valence-corrected chi connectivity index (χ4v) is 1.79. The molecule has 0 aliphatic rings. The van der Waals surface area contributed by atoms with Gasteiger partial charge in [0.2, 0.25) is 0 Å². The molecule has 0 radical (unpaired) electrons. The molecule has 19 heavy (non-hydrogen) atoms. The number of nitrogens with one attached hydrogen (secondary N) is 1. The van der Waals surface area contributed by atoms with Crippen LogP contribution in [-0.4, -0.2) is 5.84 Å². The van der Waals surface area contributed by atoms with Gasteiger partial charge in [-0.3, -0.25) is 5.41 Å². The Morgan fingerprint density at radius 2 is 1.89 bits per heavy atom. The molecule has 98 valence electrons. The van der Waals surface area contributed by atoms with E-state index in [0.29, 0.717) is 17.2 Å². The van der Waals surface area contributed by atoms with Crippen LogP contribution in [0.15, 0.2) is 42.5 Å². The van der Waals surface area contributed by atoms with Crippen LogP contribution in [0.1, 0.15) is 16.7 Å². The van der Waals surface area contributed by atoms with Crippen LogP contribution in [0.4, 0.5) is 0 Å². The number of ether oxygens (including phenoxy) is 1. The van der Waals surface area contributed by atoms with Gasteiger partial charge in [0.25, 0.3) is 0 Å². The van der Waals surface area contributed by atoms with E-state index in [1.165, 1.54) is 0 Å². The molecule has 0 saturated heterocycles. The van der Waals surface area contributed by atoms with Crippen molar-refractivity contribution < 1.29 is 4.74 Å². The van der Waals surface area contributed by atoms with Crippen LogP contribution in [0.25, 0.3) is 0 Å². The maximum absolute atomic E-state index is 7.43. The predicted octanol–water partition coefficient (Wildman–Crippen LogP) is 3.51. The summed E-state index contributed by atoms with van der Waals surface area (Å²) in [6, 6.07) is 13.0. The van der Waals surface area contributed by atoms with Crippen LogP contribution in [0, 0.1) is 12.3 Å². The van der Waals surface area contributed by atoms with Gasteiger partial charge in [0.05, 0.1) is 0 Å². The first-order valence-corrected chi connectivity index (χ1v) is 6.26. The van der Waals surface area contributed by atoms with Gasteiger partial charge in [-0.05, 0) is 36.2 Å². The van der Waals surface area contributed by atoms with E-state index in [-0.39, 0.29) is 5.84 Å². The molecule has 2 aromatic rings. The molecule has 0 saturated carbocycles. The van der Waals surface area contributed by atoms with E-state index in [9.17, 15) is 0 Å². The number of aryl methyl sites for hydroxylation is 1. The topological polar surface area (TPSA) is 59.1 Å². The standard InChI is InChI=1S/C15H15ClN2O/c1-10-2-5-12(15(17)18)8-14(10)19-9-11-3-6-13(16)7-4-11/h2-8H,9H2,1H3,(H3,17,18). The summed E-state index contributed by atoms with van der Waals surface area (Å²) in [5, 5.41) is 8.14. The van der Waals surface area contributed by atoms with E-state index in [1.807, 2.05) is 43.3 Å². The van der Waals surface area contributed by atoms with E-state index in [0.717, 1.165) is 16.9 Å². The smallest absolute Gasteiger partial charge is 0.123 e.